The second kappa shape index (κ2) is 2.29. The molecule has 46 valence electrons. The fourth-order valence-electron chi connectivity index (χ4n) is 0.657. The molecule has 0 saturated heterocycles. The molecule has 0 radical (unpaired) electrons. The first-order valence-corrected chi connectivity index (χ1v) is 2.77. The molecule has 0 amide bonds. The van der Waals surface area contributed by atoms with Gasteiger partial charge in [-0.25, -0.2) is 0 Å². The monoisotopic (exact) mass is 114 g/mol. The second-order valence-electron chi connectivity index (χ2n) is 1.96. The van der Waals surface area contributed by atoms with E-state index in [0.29, 0.717) is 6.61 Å². The van der Waals surface area contributed by atoms with Crippen molar-refractivity contribution < 1.29 is 9.84 Å². The number of aliphatic hydroxyl groups excluding tert-OH is 1. The van der Waals surface area contributed by atoms with Gasteiger partial charge in [0.05, 0.1) is 18.8 Å². The normalized spacial score (nSPS) is 37.8. The lowest BCUT2D eigenvalue weighted by Gasteiger charge is -2.19. The molecular formula is C6H10O2. The van der Waals surface area contributed by atoms with Crippen LogP contribution < -0.4 is 0 Å². The van der Waals surface area contributed by atoms with Gasteiger partial charge in [-0.2, -0.15) is 0 Å². The molecule has 8 heavy (non-hydrogen) atoms. The standard InChI is InChI=1S/C6H10O2/c1-5-6(7)3-2-4-8-5/h2-3,5-7H,4H2,1H3/t5-,6+/m0/s1. The third kappa shape index (κ3) is 1.08. The van der Waals surface area contributed by atoms with E-state index in [0.717, 1.165) is 0 Å². The largest absolute Gasteiger partial charge is 0.386 e. The highest BCUT2D eigenvalue weighted by Gasteiger charge is 2.13. The maximum absolute atomic E-state index is 8.97. The summed E-state index contributed by atoms with van der Waals surface area (Å²) in [5, 5.41) is 8.97. The lowest BCUT2D eigenvalue weighted by molar-refractivity contribution is -0.00354. The molecule has 0 saturated carbocycles. The van der Waals surface area contributed by atoms with Gasteiger partial charge in [0.25, 0.3) is 0 Å². The summed E-state index contributed by atoms with van der Waals surface area (Å²) in [6.45, 7) is 2.49. The Labute approximate surface area is 48.8 Å². The van der Waals surface area contributed by atoms with Gasteiger partial charge in [-0.3, -0.25) is 0 Å². The Morgan fingerprint density at radius 2 is 2.50 bits per heavy atom. The predicted molar refractivity (Wildman–Crippen MR) is 30.6 cm³/mol. The third-order valence-corrected chi connectivity index (χ3v) is 1.27. The topological polar surface area (TPSA) is 29.5 Å². The van der Waals surface area contributed by atoms with E-state index in [9.17, 15) is 0 Å². The smallest absolute Gasteiger partial charge is 0.0980 e. The Balaban J connectivity index is 2.47. The molecule has 0 unspecified atom stereocenters. The molecule has 2 atom stereocenters. The summed E-state index contributed by atoms with van der Waals surface area (Å²) in [7, 11) is 0. The quantitative estimate of drug-likeness (QED) is 0.460. The first-order valence-electron chi connectivity index (χ1n) is 2.77. The van der Waals surface area contributed by atoms with Crippen molar-refractivity contribution in [2.24, 2.45) is 0 Å². The van der Waals surface area contributed by atoms with E-state index in [1.807, 2.05) is 13.0 Å². The Morgan fingerprint density at radius 3 is 2.88 bits per heavy atom. The van der Waals surface area contributed by atoms with E-state index < -0.39 is 6.10 Å². The molecular weight excluding hydrogens is 104 g/mol. The van der Waals surface area contributed by atoms with Crippen molar-refractivity contribution in [3.05, 3.63) is 12.2 Å². The average Bonchev–Trinajstić information content (AvgIpc) is 1.77. The average molecular weight is 114 g/mol. The van der Waals surface area contributed by atoms with E-state index in [-0.39, 0.29) is 6.10 Å². The van der Waals surface area contributed by atoms with Crippen molar-refractivity contribution in [1.29, 1.82) is 0 Å². The van der Waals surface area contributed by atoms with Crippen LogP contribution in [0.25, 0.3) is 0 Å². The van der Waals surface area contributed by atoms with Crippen molar-refractivity contribution in [1.82, 2.24) is 0 Å². The molecule has 0 aromatic carbocycles. The Kier molecular flexibility index (Phi) is 1.65. The second-order valence-corrected chi connectivity index (χ2v) is 1.96. The predicted octanol–water partition coefficient (Wildman–Crippen LogP) is 0.322. The van der Waals surface area contributed by atoms with Crippen molar-refractivity contribution in [3.8, 4) is 0 Å². The Morgan fingerprint density at radius 1 is 1.75 bits per heavy atom. The molecule has 1 heterocycles. The van der Waals surface area contributed by atoms with Crippen LogP contribution in [0.3, 0.4) is 0 Å². The first-order chi connectivity index (χ1) is 3.80. The van der Waals surface area contributed by atoms with Crippen LogP contribution in [0.2, 0.25) is 0 Å². The van der Waals surface area contributed by atoms with Gasteiger partial charge in [-0.1, -0.05) is 12.2 Å². The molecule has 1 aliphatic rings. The van der Waals surface area contributed by atoms with Crippen LogP contribution in [-0.4, -0.2) is 23.9 Å². The van der Waals surface area contributed by atoms with Crippen molar-refractivity contribution in [3.63, 3.8) is 0 Å². The van der Waals surface area contributed by atoms with E-state index in [1.54, 1.807) is 6.08 Å². The van der Waals surface area contributed by atoms with E-state index in [2.05, 4.69) is 0 Å². The molecule has 2 nitrogen and oxygen atoms in total. The van der Waals surface area contributed by atoms with Crippen LogP contribution in [0.4, 0.5) is 0 Å². The summed E-state index contributed by atoms with van der Waals surface area (Å²) in [5.41, 5.74) is 0. The van der Waals surface area contributed by atoms with Gasteiger partial charge in [0.1, 0.15) is 0 Å². The number of aliphatic hydroxyl groups is 1. The van der Waals surface area contributed by atoms with Gasteiger partial charge < -0.3 is 9.84 Å². The van der Waals surface area contributed by atoms with Gasteiger partial charge >= 0.3 is 0 Å². The highest BCUT2D eigenvalue weighted by molar-refractivity contribution is 4.95. The minimum absolute atomic E-state index is 0.0278. The summed E-state index contributed by atoms with van der Waals surface area (Å²) in [4.78, 5) is 0. The molecule has 1 N–H and O–H groups in total. The molecule has 1 aliphatic heterocycles. The van der Waals surface area contributed by atoms with Crippen LogP contribution in [0, 0.1) is 0 Å². The highest BCUT2D eigenvalue weighted by Crippen LogP contribution is 2.04. The van der Waals surface area contributed by atoms with Crippen molar-refractivity contribution in [2.75, 3.05) is 6.61 Å². The zero-order valence-electron chi connectivity index (χ0n) is 4.87. The van der Waals surface area contributed by atoms with Crippen molar-refractivity contribution >= 4 is 0 Å². The highest BCUT2D eigenvalue weighted by atomic mass is 16.5. The van der Waals surface area contributed by atoms with E-state index >= 15 is 0 Å². The lowest BCUT2D eigenvalue weighted by Crippen LogP contribution is -2.27. The fraction of sp³-hybridized carbons (Fsp3) is 0.667. The third-order valence-electron chi connectivity index (χ3n) is 1.27. The summed E-state index contributed by atoms with van der Waals surface area (Å²) in [6, 6.07) is 0. The zero-order valence-corrected chi connectivity index (χ0v) is 4.87. The molecule has 0 aromatic heterocycles. The van der Waals surface area contributed by atoms with Crippen LogP contribution in [0.15, 0.2) is 12.2 Å². The lowest BCUT2D eigenvalue weighted by atomic mass is 10.2. The zero-order chi connectivity index (χ0) is 5.98. The maximum Gasteiger partial charge on any atom is 0.0980 e. The summed E-state index contributed by atoms with van der Waals surface area (Å²) in [6.07, 6.45) is 3.16. The first kappa shape index (κ1) is 5.79. The number of rotatable bonds is 0. The molecule has 0 aromatic rings. The minimum atomic E-state index is -0.399. The van der Waals surface area contributed by atoms with Gasteiger partial charge in [0, 0.05) is 0 Å². The summed E-state index contributed by atoms with van der Waals surface area (Å²) in [5.74, 6) is 0. The maximum atomic E-state index is 8.97. The number of ether oxygens (including phenoxy) is 1. The number of hydrogen-bond donors (Lipinski definition) is 1. The van der Waals surface area contributed by atoms with Gasteiger partial charge in [-0.05, 0) is 6.92 Å². The fourth-order valence-corrected chi connectivity index (χ4v) is 0.657. The van der Waals surface area contributed by atoms with Gasteiger partial charge in [0.15, 0.2) is 0 Å². The van der Waals surface area contributed by atoms with E-state index in [4.69, 9.17) is 9.84 Å². The van der Waals surface area contributed by atoms with Crippen LogP contribution in [0.1, 0.15) is 6.92 Å². The van der Waals surface area contributed by atoms with Gasteiger partial charge in [0.2, 0.25) is 0 Å². The molecule has 0 bridgehead atoms. The number of hydrogen-bond acceptors (Lipinski definition) is 2. The SMILES string of the molecule is C[C@@H]1OCC=C[C@H]1O. The summed E-state index contributed by atoms with van der Waals surface area (Å²) < 4.78 is 5.05. The van der Waals surface area contributed by atoms with Gasteiger partial charge in [-0.15, -0.1) is 0 Å². The molecule has 0 aliphatic carbocycles. The Hall–Kier alpha value is -0.340. The van der Waals surface area contributed by atoms with E-state index in [1.165, 1.54) is 0 Å². The Bertz CT molecular complexity index is 98.7. The van der Waals surface area contributed by atoms with Crippen LogP contribution >= 0.6 is 0 Å². The van der Waals surface area contributed by atoms with Crippen molar-refractivity contribution in [2.45, 2.75) is 19.1 Å². The van der Waals surface area contributed by atoms with Crippen LogP contribution in [0.5, 0.6) is 0 Å². The minimum Gasteiger partial charge on any atom is -0.386 e. The van der Waals surface area contributed by atoms with Crippen LogP contribution in [-0.2, 0) is 4.74 Å². The molecule has 2 heteroatoms. The molecule has 0 spiro atoms. The summed E-state index contributed by atoms with van der Waals surface area (Å²) >= 11 is 0. The molecule has 1 rings (SSSR count). The molecule has 0 fully saturated rings.